The Morgan fingerprint density at radius 1 is 0.973 bits per heavy atom. The fourth-order valence-corrected chi connectivity index (χ4v) is 7.51. The zero-order valence-electron chi connectivity index (χ0n) is 25.9. The van der Waals surface area contributed by atoms with Crippen LogP contribution >= 0.6 is 0 Å². The van der Waals surface area contributed by atoms with E-state index in [2.05, 4.69) is 105 Å². The molecule has 37 heavy (non-hydrogen) atoms. The van der Waals surface area contributed by atoms with Crippen LogP contribution in [0.25, 0.3) is 0 Å². The topological polar surface area (TPSA) is 35.5 Å². The van der Waals surface area contributed by atoms with Crippen molar-refractivity contribution in [1.29, 1.82) is 0 Å². The summed E-state index contributed by atoms with van der Waals surface area (Å²) in [6.07, 6.45) is 7.84. The maximum atomic E-state index is 13.1. The van der Waals surface area contributed by atoms with Gasteiger partial charge in [-0.1, -0.05) is 98.1 Å². The number of allylic oxidation sites excluding steroid dienone is 1. The lowest BCUT2D eigenvalue weighted by Gasteiger charge is -2.40. The van der Waals surface area contributed by atoms with Crippen molar-refractivity contribution in [2.24, 2.45) is 5.92 Å². The molecule has 1 fully saturated rings. The lowest BCUT2D eigenvalue weighted by atomic mass is 9.84. The first-order chi connectivity index (χ1) is 16.9. The predicted molar refractivity (Wildman–Crippen MR) is 164 cm³/mol. The Bertz CT molecular complexity index is 890. The van der Waals surface area contributed by atoms with E-state index in [0.29, 0.717) is 18.6 Å². The van der Waals surface area contributed by atoms with Crippen LogP contribution in [-0.4, -0.2) is 28.5 Å². The van der Waals surface area contributed by atoms with Gasteiger partial charge in [0, 0.05) is 18.3 Å². The van der Waals surface area contributed by atoms with Gasteiger partial charge < -0.3 is 8.85 Å². The standard InChI is InChI=1S/C32H56O3Si2/c1-13-15-16-18-28(34-36(9,10)31(3,4)5)24-19-21-25(22-20-24)30-26(17-14-2)27(33)23-29(30)35-37(11,12)32(6,7)8/h14,19-22,26,28-30H,2,13,15-18,23H2,1,3-12H3/t26-,28?,29+,30+/m0/s1. The maximum absolute atomic E-state index is 13.1. The quantitative estimate of drug-likeness (QED) is 0.149. The van der Waals surface area contributed by atoms with Crippen LogP contribution in [-0.2, 0) is 13.6 Å². The summed E-state index contributed by atoms with van der Waals surface area (Å²) in [5.41, 5.74) is 2.47. The van der Waals surface area contributed by atoms with Crippen molar-refractivity contribution >= 4 is 22.4 Å². The third-order valence-corrected chi connectivity index (χ3v) is 18.3. The minimum Gasteiger partial charge on any atom is -0.413 e. The van der Waals surface area contributed by atoms with Gasteiger partial charge >= 0.3 is 0 Å². The van der Waals surface area contributed by atoms with Gasteiger partial charge in [0.15, 0.2) is 16.6 Å². The minimum absolute atomic E-state index is 0.0537. The fraction of sp³-hybridized carbons (Fsp3) is 0.719. The van der Waals surface area contributed by atoms with Crippen molar-refractivity contribution in [2.45, 2.75) is 141 Å². The number of Topliss-reactive ketones (excluding diaryl/α,β-unsaturated/α-hetero) is 1. The van der Waals surface area contributed by atoms with Gasteiger partial charge in [-0.05, 0) is 60.2 Å². The van der Waals surface area contributed by atoms with Gasteiger partial charge in [0.05, 0.1) is 12.2 Å². The van der Waals surface area contributed by atoms with Gasteiger partial charge in [-0.15, -0.1) is 6.58 Å². The molecule has 1 saturated carbocycles. The number of rotatable bonds is 12. The summed E-state index contributed by atoms with van der Waals surface area (Å²) in [6.45, 7) is 29.2. The molecule has 1 aliphatic carbocycles. The van der Waals surface area contributed by atoms with Crippen molar-refractivity contribution in [3.8, 4) is 0 Å². The number of hydrogen-bond acceptors (Lipinski definition) is 3. The first-order valence-electron chi connectivity index (χ1n) is 14.5. The van der Waals surface area contributed by atoms with Crippen molar-refractivity contribution < 1.29 is 13.6 Å². The van der Waals surface area contributed by atoms with Gasteiger partial charge in [-0.2, -0.15) is 0 Å². The molecule has 1 aromatic rings. The second-order valence-corrected chi connectivity index (χ2v) is 23.8. The van der Waals surface area contributed by atoms with Gasteiger partial charge in [0.2, 0.25) is 0 Å². The van der Waals surface area contributed by atoms with Gasteiger partial charge in [-0.25, -0.2) is 0 Å². The molecule has 3 nitrogen and oxygen atoms in total. The highest BCUT2D eigenvalue weighted by molar-refractivity contribution is 6.74. The minimum atomic E-state index is -2.01. The van der Waals surface area contributed by atoms with Crippen LogP contribution < -0.4 is 0 Å². The molecule has 0 bridgehead atoms. The molecule has 5 heteroatoms. The van der Waals surface area contributed by atoms with Gasteiger partial charge in [0.25, 0.3) is 0 Å². The highest BCUT2D eigenvalue weighted by atomic mass is 28.4. The average Bonchev–Trinajstić information content (AvgIpc) is 3.06. The van der Waals surface area contributed by atoms with Gasteiger partial charge in [0.1, 0.15) is 5.78 Å². The molecule has 0 radical (unpaired) electrons. The molecule has 0 aliphatic heterocycles. The zero-order chi connectivity index (χ0) is 28.2. The summed E-state index contributed by atoms with van der Waals surface area (Å²) in [7, 11) is -3.92. The normalized spacial score (nSPS) is 22.4. The number of unbranched alkanes of at least 4 members (excludes halogenated alkanes) is 2. The molecule has 0 amide bonds. The largest absolute Gasteiger partial charge is 0.413 e. The van der Waals surface area contributed by atoms with E-state index in [-0.39, 0.29) is 34.1 Å². The molecule has 0 heterocycles. The fourth-order valence-electron chi connectivity index (χ4n) is 4.85. The van der Waals surface area contributed by atoms with E-state index >= 15 is 0 Å². The monoisotopic (exact) mass is 544 g/mol. The van der Waals surface area contributed by atoms with Crippen LogP contribution in [0.3, 0.4) is 0 Å². The molecular formula is C32H56O3Si2. The number of carbonyl (C=O) groups is 1. The summed E-state index contributed by atoms with van der Waals surface area (Å²) >= 11 is 0. The van der Waals surface area contributed by atoms with Crippen LogP contribution in [0.5, 0.6) is 0 Å². The van der Waals surface area contributed by atoms with Crippen LogP contribution in [0.4, 0.5) is 0 Å². The van der Waals surface area contributed by atoms with Crippen LogP contribution in [0.2, 0.25) is 36.3 Å². The molecule has 0 aromatic heterocycles. The van der Waals surface area contributed by atoms with E-state index in [0.717, 1.165) is 6.42 Å². The van der Waals surface area contributed by atoms with E-state index in [1.807, 2.05) is 6.08 Å². The average molecular weight is 545 g/mol. The van der Waals surface area contributed by atoms with Crippen LogP contribution in [0.15, 0.2) is 36.9 Å². The highest BCUT2D eigenvalue weighted by Crippen LogP contribution is 2.47. The SMILES string of the molecule is C=CC[C@H]1C(=O)C[C@@H](O[Si](C)(C)C(C)(C)C)[C@@H]1c1ccc(C(CCCCC)O[Si](C)(C)C(C)(C)C)cc1. The third-order valence-electron chi connectivity index (χ3n) is 9.33. The van der Waals surface area contributed by atoms with Crippen molar-refractivity contribution in [3.05, 3.63) is 48.0 Å². The molecule has 2 rings (SSSR count). The summed E-state index contributed by atoms with van der Waals surface area (Å²) in [5.74, 6) is 0.340. The lowest BCUT2D eigenvalue weighted by molar-refractivity contribution is -0.121. The summed E-state index contributed by atoms with van der Waals surface area (Å²) in [6, 6.07) is 9.02. The van der Waals surface area contributed by atoms with E-state index in [9.17, 15) is 4.79 Å². The zero-order valence-corrected chi connectivity index (χ0v) is 27.9. The van der Waals surface area contributed by atoms with Crippen molar-refractivity contribution in [2.75, 3.05) is 0 Å². The third kappa shape index (κ3) is 8.00. The van der Waals surface area contributed by atoms with E-state index in [1.54, 1.807) is 0 Å². The predicted octanol–water partition coefficient (Wildman–Crippen LogP) is 9.97. The number of ketones is 1. The van der Waals surface area contributed by atoms with E-state index < -0.39 is 16.6 Å². The molecule has 0 saturated heterocycles. The first-order valence-corrected chi connectivity index (χ1v) is 20.4. The highest BCUT2D eigenvalue weighted by Gasteiger charge is 2.48. The second kappa shape index (κ2) is 12.4. The number of benzene rings is 1. The molecule has 210 valence electrons. The van der Waals surface area contributed by atoms with Gasteiger partial charge in [-0.3, -0.25) is 4.79 Å². The second-order valence-electron chi connectivity index (χ2n) is 14.3. The number of hydrogen-bond donors (Lipinski definition) is 0. The van der Waals surface area contributed by atoms with Crippen molar-refractivity contribution in [1.82, 2.24) is 0 Å². The Balaban J connectivity index is 2.39. The summed E-state index contributed by atoms with van der Waals surface area (Å²) in [5, 5.41) is 0.278. The lowest BCUT2D eigenvalue weighted by Crippen LogP contribution is -2.44. The molecule has 0 N–H and O–H groups in total. The Morgan fingerprint density at radius 2 is 1.54 bits per heavy atom. The molecular weight excluding hydrogens is 489 g/mol. The van der Waals surface area contributed by atoms with Crippen molar-refractivity contribution in [3.63, 3.8) is 0 Å². The Hall–Kier alpha value is -1.02. The smallest absolute Gasteiger partial charge is 0.192 e. The first kappa shape index (κ1) is 32.2. The molecule has 4 atom stereocenters. The Labute approximate surface area is 231 Å². The maximum Gasteiger partial charge on any atom is 0.192 e. The van der Waals surface area contributed by atoms with Crippen LogP contribution in [0.1, 0.15) is 110 Å². The molecule has 1 unspecified atom stereocenters. The molecule has 0 spiro atoms. The molecule has 1 aliphatic rings. The summed E-state index contributed by atoms with van der Waals surface area (Å²) in [4.78, 5) is 13.1. The molecule has 1 aromatic carbocycles. The van der Waals surface area contributed by atoms with E-state index in [4.69, 9.17) is 8.85 Å². The Morgan fingerprint density at radius 3 is 2.03 bits per heavy atom. The van der Waals surface area contributed by atoms with E-state index in [1.165, 1.54) is 30.4 Å². The number of carbonyl (C=O) groups excluding carboxylic acids is 1. The Kier molecular flexibility index (Phi) is 10.8. The van der Waals surface area contributed by atoms with Crippen LogP contribution in [0, 0.1) is 5.92 Å². The summed E-state index contributed by atoms with van der Waals surface area (Å²) < 4.78 is 13.8.